The predicted octanol–water partition coefficient (Wildman–Crippen LogP) is 2.52. The van der Waals surface area contributed by atoms with E-state index in [0.29, 0.717) is 0 Å². The lowest BCUT2D eigenvalue weighted by Crippen LogP contribution is -2.43. The Balaban J connectivity index is 2.66. The largest absolute Gasteiger partial charge is 0.462 e. The van der Waals surface area contributed by atoms with E-state index in [1.807, 2.05) is 0 Å². The lowest BCUT2D eigenvalue weighted by atomic mass is 10.1. The highest BCUT2D eigenvalue weighted by Crippen LogP contribution is 2.45. The third kappa shape index (κ3) is 3.16. The molecule has 1 aliphatic rings. The van der Waals surface area contributed by atoms with Gasteiger partial charge in [-0.15, -0.1) is 11.8 Å². The molecule has 1 unspecified atom stereocenters. The Kier molecular flexibility index (Phi) is 4.92. The molecule has 1 aromatic rings. The van der Waals surface area contributed by atoms with E-state index in [4.69, 9.17) is 4.74 Å². The highest BCUT2D eigenvalue weighted by Gasteiger charge is 2.44. The number of ether oxygens (including phenoxy) is 1. The molecule has 5 nitrogen and oxygen atoms in total. The molecule has 2 rings (SSSR count). The van der Waals surface area contributed by atoms with Crippen molar-refractivity contribution < 1.29 is 23.4 Å². The van der Waals surface area contributed by atoms with Crippen molar-refractivity contribution in [3.8, 4) is 6.07 Å². The van der Waals surface area contributed by atoms with Gasteiger partial charge < -0.3 is 9.84 Å². The van der Waals surface area contributed by atoms with E-state index in [0.717, 1.165) is 28.8 Å². The topological polar surface area (TPSA) is 73.6 Å². The number of carbonyl (C=O) groups excluding carboxylic acids is 1. The molecule has 0 radical (unpaired) electrons. The molecule has 1 atom stereocenters. The van der Waals surface area contributed by atoms with Gasteiger partial charge in [0, 0.05) is 5.75 Å². The number of halogens is 2. The number of anilines is 1. The van der Waals surface area contributed by atoms with E-state index < -0.39 is 34.6 Å². The number of esters is 1. The quantitative estimate of drug-likeness (QED) is 0.518. The molecule has 1 aliphatic heterocycles. The summed E-state index contributed by atoms with van der Waals surface area (Å²) in [6.45, 7) is 2.97. The van der Waals surface area contributed by atoms with Crippen LogP contribution >= 0.6 is 11.8 Å². The normalized spacial score (nSPS) is 22.7. The van der Waals surface area contributed by atoms with E-state index in [-0.39, 0.29) is 17.4 Å². The first-order chi connectivity index (χ1) is 10.8. The molecule has 23 heavy (non-hydrogen) atoms. The molecule has 0 bridgehead atoms. The molecule has 122 valence electrons. The second-order valence-corrected chi connectivity index (χ2v) is 5.89. The second-order valence-electron chi connectivity index (χ2n) is 4.92. The monoisotopic (exact) mass is 340 g/mol. The Morgan fingerprint density at radius 2 is 2.13 bits per heavy atom. The van der Waals surface area contributed by atoms with Crippen molar-refractivity contribution in [3.63, 3.8) is 0 Å². The number of hydrogen-bond acceptors (Lipinski definition) is 6. The van der Waals surface area contributed by atoms with Crippen molar-refractivity contribution in [2.24, 2.45) is 0 Å². The van der Waals surface area contributed by atoms with Crippen LogP contribution in [-0.4, -0.2) is 29.2 Å². The van der Waals surface area contributed by atoms with Crippen LogP contribution in [0.4, 0.5) is 14.5 Å². The van der Waals surface area contributed by atoms with Crippen molar-refractivity contribution in [1.82, 2.24) is 0 Å². The molecule has 0 saturated carbocycles. The lowest BCUT2D eigenvalue weighted by Gasteiger charge is -2.32. The zero-order chi connectivity index (χ0) is 17.2. The fourth-order valence-corrected chi connectivity index (χ4v) is 3.40. The summed E-state index contributed by atoms with van der Waals surface area (Å²) in [7, 11) is 0. The minimum atomic E-state index is -1.67. The second kappa shape index (κ2) is 6.56. The maximum Gasteiger partial charge on any atom is 0.351 e. The number of carbonyl (C=O) groups is 1. The molecule has 1 heterocycles. The van der Waals surface area contributed by atoms with Crippen molar-refractivity contribution in [2.45, 2.75) is 19.6 Å². The number of thioether (sulfide) groups is 1. The van der Waals surface area contributed by atoms with Crippen molar-refractivity contribution in [2.75, 3.05) is 17.3 Å². The minimum Gasteiger partial charge on any atom is -0.462 e. The van der Waals surface area contributed by atoms with Crippen LogP contribution in [-0.2, 0) is 9.53 Å². The number of rotatable bonds is 3. The van der Waals surface area contributed by atoms with Crippen LogP contribution in [0.25, 0.3) is 0 Å². The molecule has 1 saturated heterocycles. The van der Waals surface area contributed by atoms with E-state index in [2.05, 4.69) is 0 Å². The molecular formula is C15H14F2N2O3S. The molecule has 1 fully saturated rings. The SMILES string of the molecule is CCOC(=O)/C(C#N)=C1/SCC(C)(O)N1c1c(F)cccc1F. The highest BCUT2D eigenvalue weighted by molar-refractivity contribution is 8.03. The fourth-order valence-electron chi connectivity index (χ4n) is 2.17. The van der Waals surface area contributed by atoms with Crippen molar-refractivity contribution >= 4 is 23.4 Å². The summed E-state index contributed by atoms with van der Waals surface area (Å²) >= 11 is 0.955. The summed E-state index contributed by atoms with van der Waals surface area (Å²) in [4.78, 5) is 12.8. The minimum absolute atomic E-state index is 0.0285. The molecule has 0 amide bonds. The smallest absolute Gasteiger partial charge is 0.351 e. The first kappa shape index (κ1) is 17.2. The number of hydrogen-bond donors (Lipinski definition) is 1. The molecular weight excluding hydrogens is 326 g/mol. The van der Waals surface area contributed by atoms with Crippen LogP contribution in [0, 0.1) is 23.0 Å². The van der Waals surface area contributed by atoms with E-state index in [1.54, 1.807) is 13.0 Å². The molecule has 0 aromatic heterocycles. The first-order valence-electron chi connectivity index (χ1n) is 6.74. The van der Waals surface area contributed by atoms with Gasteiger partial charge in [-0.1, -0.05) is 6.07 Å². The number of nitriles is 1. The van der Waals surface area contributed by atoms with Gasteiger partial charge in [0.1, 0.15) is 34.1 Å². The number of nitrogens with zero attached hydrogens (tertiary/aromatic N) is 2. The molecule has 1 N–H and O–H groups in total. The molecule has 0 spiro atoms. The van der Waals surface area contributed by atoms with Crippen molar-refractivity contribution in [1.29, 1.82) is 5.26 Å². The maximum absolute atomic E-state index is 14.1. The van der Waals surface area contributed by atoms with Gasteiger partial charge >= 0.3 is 5.97 Å². The van der Waals surface area contributed by atoms with E-state index >= 15 is 0 Å². The van der Waals surface area contributed by atoms with E-state index in [9.17, 15) is 23.9 Å². The third-order valence-electron chi connectivity index (χ3n) is 3.13. The van der Waals surface area contributed by atoms with Gasteiger partial charge in [0.05, 0.1) is 6.61 Å². The van der Waals surface area contributed by atoms with Crippen LogP contribution in [0.3, 0.4) is 0 Å². The summed E-state index contributed by atoms with van der Waals surface area (Å²) in [5.41, 5.74) is -2.59. The molecule has 1 aromatic carbocycles. The molecule has 8 heteroatoms. The van der Waals surface area contributed by atoms with Gasteiger partial charge in [0.15, 0.2) is 5.57 Å². The van der Waals surface area contributed by atoms with Gasteiger partial charge in [-0.2, -0.15) is 5.26 Å². The van der Waals surface area contributed by atoms with Crippen LogP contribution in [0.1, 0.15) is 13.8 Å². The highest BCUT2D eigenvalue weighted by atomic mass is 32.2. The average molecular weight is 340 g/mol. The Hall–Kier alpha value is -2.11. The van der Waals surface area contributed by atoms with Crippen molar-refractivity contribution in [3.05, 3.63) is 40.4 Å². The van der Waals surface area contributed by atoms with Crippen LogP contribution < -0.4 is 4.90 Å². The summed E-state index contributed by atoms with van der Waals surface area (Å²) in [6.07, 6.45) is 0. The third-order valence-corrected chi connectivity index (χ3v) is 4.48. The Bertz CT molecular complexity index is 693. The Morgan fingerprint density at radius 1 is 1.52 bits per heavy atom. The summed E-state index contributed by atoms with van der Waals surface area (Å²) < 4.78 is 33.0. The fraction of sp³-hybridized carbons (Fsp3) is 0.333. The predicted molar refractivity (Wildman–Crippen MR) is 81.2 cm³/mol. The van der Waals surface area contributed by atoms with Crippen LogP contribution in [0.2, 0.25) is 0 Å². The van der Waals surface area contributed by atoms with Gasteiger partial charge in [0.2, 0.25) is 0 Å². The zero-order valence-electron chi connectivity index (χ0n) is 12.5. The molecule has 0 aliphatic carbocycles. The summed E-state index contributed by atoms with van der Waals surface area (Å²) in [6, 6.07) is 4.94. The number of benzene rings is 1. The standard InChI is InChI=1S/C15H14F2N2O3S/c1-3-22-14(20)9(7-18)13-19(15(2,21)8-23-13)12-10(16)5-4-6-11(12)17/h4-6,21H,3,8H2,1-2H3/b13-9+. The van der Waals surface area contributed by atoms with Gasteiger partial charge in [-0.3, -0.25) is 4.90 Å². The Labute approximate surface area is 136 Å². The van der Waals surface area contributed by atoms with Gasteiger partial charge in [-0.05, 0) is 26.0 Å². The zero-order valence-corrected chi connectivity index (χ0v) is 13.3. The van der Waals surface area contributed by atoms with E-state index in [1.165, 1.54) is 13.0 Å². The van der Waals surface area contributed by atoms with Gasteiger partial charge in [0.25, 0.3) is 0 Å². The average Bonchev–Trinajstić information content (AvgIpc) is 2.77. The lowest BCUT2D eigenvalue weighted by molar-refractivity contribution is -0.138. The maximum atomic E-state index is 14.1. The number of aliphatic hydroxyl groups is 1. The van der Waals surface area contributed by atoms with Crippen LogP contribution in [0.5, 0.6) is 0 Å². The Morgan fingerprint density at radius 3 is 2.65 bits per heavy atom. The summed E-state index contributed by atoms with van der Waals surface area (Å²) in [5, 5.41) is 19.7. The summed E-state index contributed by atoms with van der Waals surface area (Å²) in [5.74, 6) is -2.70. The van der Waals surface area contributed by atoms with Gasteiger partial charge in [-0.25, -0.2) is 13.6 Å². The number of para-hydroxylation sites is 1. The first-order valence-corrected chi connectivity index (χ1v) is 7.73. The van der Waals surface area contributed by atoms with Crippen LogP contribution in [0.15, 0.2) is 28.8 Å².